The van der Waals surface area contributed by atoms with Gasteiger partial charge in [0.1, 0.15) is 6.04 Å². The summed E-state index contributed by atoms with van der Waals surface area (Å²) in [6.45, 7) is 1.48. The van der Waals surface area contributed by atoms with Crippen molar-refractivity contribution in [2.75, 3.05) is 13.2 Å². The Morgan fingerprint density at radius 3 is 3.04 bits per heavy atom. The minimum atomic E-state index is -2.60. The van der Waals surface area contributed by atoms with Crippen molar-refractivity contribution in [3.8, 4) is 5.88 Å². The maximum atomic E-state index is 12.7. The average molecular weight is 338 g/mol. The topological polar surface area (TPSA) is 81.4 Å². The Morgan fingerprint density at radius 1 is 1.50 bits per heavy atom. The zero-order chi connectivity index (χ0) is 17.1. The summed E-state index contributed by atoms with van der Waals surface area (Å²) >= 11 is 0. The Kier molecular flexibility index (Phi) is 4.68. The van der Waals surface area contributed by atoms with E-state index in [1.807, 2.05) is 0 Å². The van der Waals surface area contributed by atoms with E-state index in [4.69, 9.17) is 9.15 Å². The monoisotopic (exact) mass is 338 g/mol. The molecule has 24 heavy (non-hydrogen) atoms. The number of aryl methyl sites for hydroxylation is 1. The highest BCUT2D eigenvalue weighted by atomic mass is 19.3. The van der Waals surface area contributed by atoms with Crippen molar-refractivity contribution in [3.05, 3.63) is 35.7 Å². The number of halogens is 2. The maximum Gasteiger partial charge on any atom is 0.272 e. The summed E-state index contributed by atoms with van der Waals surface area (Å²) in [6, 6.07) is 2.60. The Morgan fingerprint density at radius 2 is 2.33 bits per heavy atom. The second-order valence-electron chi connectivity index (χ2n) is 5.40. The Balaban J connectivity index is 1.76. The first-order chi connectivity index (χ1) is 11.5. The van der Waals surface area contributed by atoms with Gasteiger partial charge in [0.2, 0.25) is 17.7 Å². The molecule has 1 fully saturated rings. The van der Waals surface area contributed by atoms with Gasteiger partial charge in [0, 0.05) is 31.3 Å². The van der Waals surface area contributed by atoms with E-state index in [-0.39, 0.29) is 17.8 Å². The molecule has 2 aromatic heterocycles. The van der Waals surface area contributed by atoms with Crippen molar-refractivity contribution < 1.29 is 22.7 Å². The van der Waals surface area contributed by atoms with Crippen LogP contribution in [0.15, 0.2) is 22.7 Å². The van der Waals surface area contributed by atoms with Crippen LogP contribution in [0.2, 0.25) is 0 Å². The second kappa shape index (κ2) is 6.90. The average Bonchev–Trinajstić information content (AvgIpc) is 3.21. The standard InChI is InChI=1S/C15H16F2N4O3/c1-9-19-20-14(24-9)11-3-2-6-21(11)15(22)10-4-5-18-13(7-10)23-8-12(16)17/h4-5,7,11-12H,2-3,6,8H2,1H3. The number of carbonyl (C=O) groups is 1. The number of alkyl halides is 2. The molecule has 3 heterocycles. The molecule has 3 rings (SSSR count). The first-order valence-electron chi connectivity index (χ1n) is 7.52. The summed E-state index contributed by atoms with van der Waals surface area (Å²) < 4.78 is 34.7. The van der Waals surface area contributed by atoms with E-state index in [1.54, 1.807) is 11.8 Å². The van der Waals surface area contributed by atoms with Crippen LogP contribution >= 0.6 is 0 Å². The number of rotatable bonds is 5. The van der Waals surface area contributed by atoms with Crippen molar-refractivity contribution >= 4 is 5.91 Å². The summed E-state index contributed by atoms with van der Waals surface area (Å²) in [4.78, 5) is 18.2. The van der Waals surface area contributed by atoms with Crippen LogP contribution in [-0.2, 0) is 0 Å². The second-order valence-corrected chi connectivity index (χ2v) is 5.40. The van der Waals surface area contributed by atoms with Crippen LogP contribution in [0.4, 0.5) is 8.78 Å². The molecule has 0 aliphatic carbocycles. The fraction of sp³-hybridized carbons (Fsp3) is 0.467. The first kappa shape index (κ1) is 16.3. The minimum absolute atomic E-state index is 0.00877. The SMILES string of the molecule is Cc1nnc(C2CCCN2C(=O)c2ccnc(OCC(F)F)c2)o1. The maximum absolute atomic E-state index is 12.7. The molecule has 0 aromatic carbocycles. The predicted octanol–water partition coefficient (Wildman–Crippen LogP) is 2.39. The summed E-state index contributed by atoms with van der Waals surface area (Å²) in [7, 11) is 0. The van der Waals surface area contributed by atoms with Gasteiger partial charge < -0.3 is 14.1 Å². The van der Waals surface area contributed by atoms with E-state index in [0.29, 0.717) is 23.9 Å². The lowest BCUT2D eigenvalue weighted by molar-refractivity contribution is 0.0711. The van der Waals surface area contributed by atoms with E-state index in [2.05, 4.69) is 15.2 Å². The number of hydrogen-bond acceptors (Lipinski definition) is 6. The number of pyridine rings is 1. The molecule has 0 saturated carbocycles. The first-order valence-corrected chi connectivity index (χ1v) is 7.52. The lowest BCUT2D eigenvalue weighted by atomic mass is 10.2. The summed E-state index contributed by atoms with van der Waals surface area (Å²) in [5.41, 5.74) is 0.317. The van der Waals surface area contributed by atoms with Gasteiger partial charge >= 0.3 is 0 Å². The third-order valence-corrected chi connectivity index (χ3v) is 3.68. The van der Waals surface area contributed by atoms with Crippen LogP contribution in [0.3, 0.4) is 0 Å². The third kappa shape index (κ3) is 3.50. The molecule has 1 atom stereocenters. The fourth-order valence-corrected chi connectivity index (χ4v) is 2.65. The van der Waals surface area contributed by atoms with Gasteiger partial charge in [0.15, 0.2) is 6.61 Å². The fourth-order valence-electron chi connectivity index (χ4n) is 2.65. The molecule has 0 bridgehead atoms. The highest BCUT2D eigenvalue weighted by molar-refractivity contribution is 5.94. The van der Waals surface area contributed by atoms with Crippen LogP contribution in [0.1, 0.15) is 41.0 Å². The molecule has 1 aliphatic rings. The number of amides is 1. The molecule has 1 unspecified atom stereocenters. The third-order valence-electron chi connectivity index (χ3n) is 3.68. The molecular weight excluding hydrogens is 322 g/mol. The van der Waals surface area contributed by atoms with Gasteiger partial charge in [-0.1, -0.05) is 0 Å². The molecule has 7 nitrogen and oxygen atoms in total. The van der Waals surface area contributed by atoms with Gasteiger partial charge in [-0.15, -0.1) is 10.2 Å². The molecule has 2 aromatic rings. The Labute approximate surface area is 136 Å². The van der Waals surface area contributed by atoms with Crippen LogP contribution < -0.4 is 4.74 Å². The molecule has 9 heteroatoms. The molecule has 128 valence electrons. The van der Waals surface area contributed by atoms with E-state index >= 15 is 0 Å². The smallest absolute Gasteiger partial charge is 0.272 e. The van der Waals surface area contributed by atoms with Crippen LogP contribution in [-0.4, -0.2) is 45.6 Å². The van der Waals surface area contributed by atoms with E-state index in [1.165, 1.54) is 18.3 Å². The van der Waals surface area contributed by atoms with Crippen molar-refractivity contribution in [2.24, 2.45) is 0 Å². The zero-order valence-electron chi connectivity index (χ0n) is 13.0. The van der Waals surface area contributed by atoms with Crippen molar-refractivity contribution in [2.45, 2.75) is 32.2 Å². The number of nitrogens with zero attached hydrogens (tertiary/aromatic N) is 4. The Bertz CT molecular complexity index is 722. The number of likely N-dealkylation sites (tertiary alicyclic amines) is 1. The predicted molar refractivity (Wildman–Crippen MR) is 77.8 cm³/mol. The van der Waals surface area contributed by atoms with Crippen molar-refractivity contribution in [1.29, 1.82) is 0 Å². The lowest BCUT2D eigenvalue weighted by Crippen LogP contribution is -2.30. The van der Waals surface area contributed by atoms with Gasteiger partial charge in [-0.25, -0.2) is 13.8 Å². The van der Waals surface area contributed by atoms with Crippen molar-refractivity contribution in [3.63, 3.8) is 0 Å². The van der Waals surface area contributed by atoms with Gasteiger partial charge in [-0.05, 0) is 18.9 Å². The zero-order valence-corrected chi connectivity index (χ0v) is 13.0. The van der Waals surface area contributed by atoms with Gasteiger partial charge in [0.05, 0.1) is 0 Å². The largest absolute Gasteiger partial charge is 0.472 e. The van der Waals surface area contributed by atoms with E-state index < -0.39 is 13.0 Å². The highest BCUT2D eigenvalue weighted by Crippen LogP contribution is 2.32. The molecule has 0 radical (unpaired) electrons. The minimum Gasteiger partial charge on any atom is -0.472 e. The van der Waals surface area contributed by atoms with Gasteiger partial charge in [-0.3, -0.25) is 4.79 Å². The molecule has 0 spiro atoms. The summed E-state index contributed by atoms with van der Waals surface area (Å²) in [5.74, 6) is 0.584. The number of carbonyl (C=O) groups excluding carboxylic acids is 1. The van der Waals surface area contributed by atoms with Gasteiger partial charge in [-0.2, -0.15) is 0 Å². The Hall–Kier alpha value is -2.58. The lowest BCUT2D eigenvalue weighted by Gasteiger charge is -2.22. The molecule has 1 amide bonds. The molecular formula is C15H16F2N4O3. The summed E-state index contributed by atoms with van der Waals surface area (Å²) in [6.07, 6.45) is 0.302. The molecule has 1 saturated heterocycles. The van der Waals surface area contributed by atoms with Gasteiger partial charge in [0.25, 0.3) is 12.3 Å². The van der Waals surface area contributed by atoms with Crippen LogP contribution in [0, 0.1) is 6.92 Å². The van der Waals surface area contributed by atoms with Crippen molar-refractivity contribution in [1.82, 2.24) is 20.1 Å². The number of aromatic nitrogens is 3. The summed E-state index contributed by atoms with van der Waals surface area (Å²) in [5, 5.41) is 7.79. The quantitative estimate of drug-likeness (QED) is 0.833. The van der Waals surface area contributed by atoms with E-state index in [9.17, 15) is 13.6 Å². The molecule has 0 N–H and O–H groups in total. The molecule has 1 aliphatic heterocycles. The number of ether oxygens (including phenoxy) is 1. The highest BCUT2D eigenvalue weighted by Gasteiger charge is 2.34. The van der Waals surface area contributed by atoms with Crippen LogP contribution in [0.5, 0.6) is 5.88 Å². The van der Waals surface area contributed by atoms with Crippen LogP contribution in [0.25, 0.3) is 0 Å². The normalized spacial score (nSPS) is 17.5. The van der Waals surface area contributed by atoms with E-state index in [0.717, 1.165) is 12.8 Å². The number of hydrogen-bond donors (Lipinski definition) is 0.